The number of nitrogens with one attached hydrogen (secondary N) is 2. The fourth-order valence-corrected chi connectivity index (χ4v) is 3.23. The highest BCUT2D eigenvalue weighted by Crippen LogP contribution is 2.25. The van der Waals surface area contributed by atoms with Gasteiger partial charge in [0.05, 0.1) is 24.2 Å². The van der Waals surface area contributed by atoms with Gasteiger partial charge in [-0.05, 0) is 42.8 Å². The molecule has 0 atom stereocenters. The number of carbonyl (C=O) groups excluding carboxylic acids is 1. The average molecular weight is 377 g/mol. The first-order valence-electron chi connectivity index (χ1n) is 7.95. The van der Waals surface area contributed by atoms with Gasteiger partial charge in [-0.1, -0.05) is 12.1 Å². The maximum atomic E-state index is 12.2. The van der Waals surface area contributed by atoms with Crippen LogP contribution in [0.1, 0.15) is 5.56 Å². The molecule has 0 saturated carbocycles. The van der Waals surface area contributed by atoms with Crippen LogP contribution in [0.4, 0.5) is 11.4 Å². The molecule has 0 aliphatic carbocycles. The Labute approximate surface area is 154 Å². The molecule has 0 radical (unpaired) electrons. The summed E-state index contributed by atoms with van der Waals surface area (Å²) >= 11 is 0. The van der Waals surface area contributed by atoms with E-state index in [-0.39, 0.29) is 17.3 Å². The molecule has 7 nitrogen and oxygen atoms in total. The van der Waals surface area contributed by atoms with Crippen LogP contribution < -0.4 is 15.4 Å². The van der Waals surface area contributed by atoms with Crippen LogP contribution in [0.5, 0.6) is 5.75 Å². The third-order valence-corrected chi connectivity index (χ3v) is 5.50. The summed E-state index contributed by atoms with van der Waals surface area (Å²) in [6.07, 6.45) is 0. The van der Waals surface area contributed by atoms with Crippen LogP contribution in [0.2, 0.25) is 0 Å². The lowest BCUT2D eigenvalue weighted by Crippen LogP contribution is -2.23. The second kappa shape index (κ2) is 8.20. The molecule has 0 heterocycles. The number of anilines is 2. The van der Waals surface area contributed by atoms with Crippen LogP contribution in [0, 0.1) is 6.92 Å². The van der Waals surface area contributed by atoms with E-state index in [4.69, 9.17) is 4.74 Å². The van der Waals surface area contributed by atoms with Crippen molar-refractivity contribution >= 4 is 27.3 Å². The largest absolute Gasteiger partial charge is 0.495 e. The average Bonchev–Trinajstić information content (AvgIpc) is 2.60. The van der Waals surface area contributed by atoms with Crippen molar-refractivity contribution in [1.29, 1.82) is 0 Å². The highest BCUT2D eigenvalue weighted by molar-refractivity contribution is 7.89. The summed E-state index contributed by atoms with van der Waals surface area (Å²) in [6, 6.07) is 11.8. The molecule has 2 aromatic rings. The van der Waals surface area contributed by atoms with Gasteiger partial charge in [-0.15, -0.1) is 0 Å². The number of aryl methyl sites for hydroxylation is 1. The number of methoxy groups -OCH3 is 1. The van der Waals surface area contributed by atoms with E-state index in [0.717, 1.165) is 9.87 Å². The Bertz CT molecular complexity index is 895. The molecule has 0 aliphatic rings. The van der Waals surface area contributed by atoms with E-state index in [2.05, 4.69) is 10.6 Å². The second-order valence-corrected chi connectivity index (χ2v) is 8.07. The molecule has 2 aromatic carbocycles. The molecule has 2 rings (SSSR count). The Morgan fingerprint density at radius 1 is 1.15 bits per heavy atom. The molecule has 1 amide bonds. The predicted octanol–water partition coefficient (Wildman–Crippen LogP) is 2.30. The van der Waals surface area contributed by atoms with Crippen molar-refractivity contribution in [1.82, 2.24) is 4.31 Å². The van der Waals surface area contributed by atoms with Crippen molar-refractivity contribution in [2.24, 2.45) is 0 Å². The molecule has 2 N–H and O–H groups in total. The topological polar surface area (TPSA) is 87.7 Å². The monoisotopic (exact) mass is 377 g/mol. The van der Waals surface area contributed by atoms with Gasteiger partial charge in [0, 0.05) is 19.8 Å². The van der Waals surface area contributed by atoms with Gasteiger partial charge in [-0.3, -0.25) is 4.79 Å². The normalized spacial score (nSPS) is 11.3. The van der Waals surface area contributed by atoms with Crippen molar-refractivity contribution in [2.45, 2.75) is 11.8 Å². The van der Waals surface area contributed by atoms with Gasteiger partial charge < -0.3 is 15.4 Å². The fraction of sp³-hybridized carbons (Fsp3) is 0.278. The Morgan fingerprint density at radius 2 is 1.88 bits per heavy atom. The molecule has 0 aliphatic heterocycles. The summed E-state index contributed by atoms with van der Waals surface area (Å²) in [4.78, 5) is 12.3. The standard InChI is InChI=1S/C18H23N3O4S/c1-13-8-9-17(25-4)16(10-13)19-12-18(22)20-14-6-5-7-15(11-14)26(23,24)21(2)3/h5-11,19H,12H2,1-4H3,(H,20,22). The lowest BCUT2D eigenvalue weighted by Gasteiger charge is -2.14. The quantitative estimate of drug-likeness (QED) is 0.773. The third-order valence-electron chi connectivity index (χ3n) is 3.69. The first-order valence-corrected chi connectivity index (χ1v) is 9.39. The first kappa shape index (κ1) is 19.7. The van der Waals surface area contributed by atoms with E-state index in [9.17, 15) is 13.2 Å². The maximum absolute atomic E-state index is 12.2. The number of carbonyl (C=O) groups is 1. The lowest BCUT2D eigenvalue weighted by atomic mass is 10.2. The zero-order valence-corrected chi connectivity index (χ0v) is 16.1. The molecule has 0 saturated heterocycles. The molecule has 0 fully saturated rings. The number of rotatable bonds is 7. The molecule has 8 heteroatoms. The van der Waals surface area contributed by atoms with Crippen molar-refractivity contribution in [3.63, 3.8) is 0 Å². The summed E-state index contributed by atoms with van der Waals surface area (Å²) in [6.45, 7) is 1.96. The summed E-state index contributed by atoms with van der Waals surface area (Å²) < 4.78 is 30.7. The highest BCUT2D eigenvalue weighted by atomic mass is 32.2. The minimum absolute atomic E-state index is 0.0183. The third kappa shape index (κ3) is 4.74. The van der Waals surface area contributed by atoms with Crippen molar-refractivity contribution in [3.05, 3.63) is 48.0 Å². The summed E-state index contributed by atoms with van der Waals surface area (Å²) in [5.74, 6) is 0.343. The highest BCUT2D eigenvalue weighted by Gasteiger charge is 2.17. The van der Waals surface area contributed by atoms with Gasteiger partial charge in [0.15, 0.2) is 0 Å². The Morgan fingerprint density at radius 3 is 2.54 bits per heavy atom. The Balaban J connectivity index is 2.06. The summed E-state index contributed by atoms with van der Waals surface area (Å²) in [5, 5.41) is 5.72. The van der Waals surface area contributed by atoms with Crippen molar-refractivity contribution in [2.75, 3.05) is 38.4 Å². The van der Waals surface area contributed by atoms with Gasteiger partial charge >= 0.3 is 0 Å². The van der Waals surface area contributed by atoms with E-state index in [0.29, 0.717) is 17.1 Å². The number of ether oxygens (including phenoxy) is 1. The number of hydrogen-bond acceptors (Lipinski definition) is 5. The molecule has 26 heavy (non-hydrogen) atoms. The van der Waals surface area contributed by atoms with E-state index >= 15 is 0 Å². The molecule has 0 aromatic heterocycles. The molecular formula is C18H23N3O4S. The van der Waals surface area contributed by atoms with Gasteiger partial charge in [0.1, 0.15) is 5.75 Å². The lowest BCUT2D eigenvalue weighted by molar-refractivity contribution is -0.114. The number of hydrogen-bond donors (Lipinski definition) is 2. The molecular weight excluding hydrogens is 354 g/mol. The number of sulfonamides is 1. The summed E-state index contributed by atoms with van der Waals surface area (Å²) in [7, 11) is 0.924. The second-order valence-electron chi connectivity index (χ2n) is 5.92. The fourth-order valence-electron chi connectivity index (χ4n) is 2.29. The smallest absolute Gasteiger partial charge is 0.243 e. The number of nitrogens with zero attached hydrogens (tertiary/aromatic N) is 1. The molecule has 0 spiro atoms. The van der Waals surface area contributed by atoms with E-state index in [1.165, 1.54) is 26.2 Å². The molecule has 0 unspecified atom stereocenters. The van der Waals surface area contributed by atoms with E-state index < -0.39 is 10.0 Å². The summed E-state index contributed by atoms with van der Waals surface area (Å²) in [5.41, 5.74) is 2.16. The van der Waals surface area contributed by atoms with E-state index in [1.807, 2.05) is 25.1 Å². The van der Waals surface area contributed by atoms with Gasteiger partial charge in [0.25, 0.3) is 0 Å². The van der Waals surface area contributed by atoms with Gasteiger partial charge in [-0.25, -0.2) is 12.7 Å². The number of amides is 1. The van der Waals surface area contributed by atoms with Gasteiger partial charge in [0.2, 0.25) is 15.9 Å². The van der Waals surface area contributed by atoms with E-state index in [1.54, 1.807) is 19.2 Å². The van der Waals surface area contributed by atoms with Crippen LogP contribution in [-0.2, 0) is 14.8 Å². The van der Waals surface area contributed by atoms with Crippen molar-refractivity contribution in [3.8, 4) is 5.75 Å². The van der Waals surface area contributed by atoms with Crippen LogP contribution >= 0.6 is 0 Å². The molecule has 0 bridgehead atoms. The Hall–Kier alpha value is -2.58. The first-order chi connectivity index (χ1) is 12.2. The molecule has 140 valence electrons. The minimum atomic E-state index is -3.55. The maximum Gasteiger partial charge on any atom is 0.243 e. The van der Waals surface area contributed by atoms with Crippen LogP contribution in [0.25, 0.3) is 0 Å². The zero-order chi connectivity index (χ0) is 19.3. The predicted molar refractivity (Wildman–Crippen MR) is 102 cm³/mol. The van der Waals surface area contributed by atoms with Gasteiger partial charge in [-0.2, -0.15) is 0 Å². The van der Waals surface area contributed by atoms with Crippen molar-refractivity contribution < 1.29 is 17.9 Å². The van der Waals surface area contributed by atoms with Crippen LogP contribution in [0.3, 0.4) is 0 Å². The van der Waals surface area contributed by atoms with Crippen LogP contribution in [0.15, 0.2) is 47.4 Å². The minimum Gasteiger partial charge on any atom is -0.495 e. The number of benzene rings is 2. The Kier molecular flexibility index (Phi) is 6.23. The zero-order valence-electron chi connectivity index (χ0n) is 15.2. The SMILES string of the molecule is COc1ccc(C)cc1NCC(=O)Nc1cccc(S(=O)(=O)N(C)C)c1. The van der Waals surface area contributed by atoms with Crippen LogP contribution in [-0.4, -0.2) is 46.4 Å².